The fraction of sp³-hybridized carbons (Fsp3) is 0.480. The Labute approximate surface area is 192 Å². The molecule has 32 heavy (non-hydrogen) atoms. The van der Waals surface area contributed by atoms with E-state index in [1.165, 1.54) is 6.42 Å². The standard InChI is InChI=1S/C25H30N4O2S/c1-16-6-4-8-19(17(16)2)27-24(31)25(3)15-28-20-9-11-32-22(20)12-21(28)23(30)29(25)14-18-7-5-10-26-13-18/h5,7,9-13,16-17,19H,4,6,8,14-15H2,1-3H3,(H,27,31)/t16-,17-,19+,25+/m1/s1. The van der Waals surface area contributed by atoms with Gasteiger partial charge in [0.1, 0.15) is 11.2 Å². The van der Waals surface area contributed by atoms with Gasteiger partial charge < -0.3 is 14.8 Å². The molecule has 5 rings (SSSR count). The van der Waals surface area contributed by atoms with E-state index < -0.39 is 5.54 Å². The van der Waals surface area contributed by atoms with Crippen molar-refractivity contribution in [2.75, 3.05) is 0 Å². The first kappa shape index (κ1) is 21.2. The highest BCUT2D eigenvalue weighted by Crippen LogP contribution is 2.36. The Balaban J connectivity index is 1.52. The molecule has 0 bridgehead atoms. The topological polar surface area (TPSA) is 67.2 Å². The van der Waals surface area contributed by atoms with Crippen LogP contribution in [0.15, 0.2) is 42.0 Å². The molecule has 6 nitrogen and oxygen atoms in total. The number of carbonyl (C=O) groups is 2. The molecule has 1 saturated carbocycles. The summed E-state index contributed by atoms with van der Waals surface area (Å²) in [6.45, 7) is 7.20. The summed E-state index contributed by atoms with van der Waals surface area (Å²) in [6.07, 6.45) is 6.82. The first-order valence-corrected chi connectivity index (χ1v) is 12.3. The molecule has 1 aliphatic carbocycles. The second kappa shape index (κ2) is 8.03. The Morgan fingerprint density at radius 2 is 2.16 bits per heavy atom. The van der Waals surface area contributed by atoms with Crippen molar-refractivity contribution in [3.8, 4) is 0 Å². The number of pyridine rings is 1. The third kappa shape index (κ3) is 3.43. The van der Waals surface area contributed by atoms with Gasteiger partial charge in [-0.1, -0.05) is 32.8 Å². The van der Waals surface area contributed by atoms with E-state index in [2.05, 4.69) is 24.1 Å². The summed E-state index contributed by atoms with van der Waals surface area (Å²) in [5, 5.41) is 5.39. The molecule has 1 aliphatic heterocycles. The first-order chi connectivity index (χ1) is 15.4. The zero-order valence-corrected chi connectivity index (χ0v) is 19.7. The number of rotatable bonds is 4. The maximum Gasteiger partial charge on any atom is 0.271 e. The van der Waals surface area contributed by atoms with Gasteiger partial charge in [0.05, 0.1) is 16.8 Å². The summed E-state index contributed by atoms with van der Waals surface area (Å²) in [6, 6.07) is 7.96. The van der Waals surface area contributed by atoms with Crippen LogP contribution in [-0.4, -0.2) is 37.8 Å². The van der Waals surface area contributed by atoms with E-state index in [9.17, 15) is 9.59 Å². The molecule has 2 aliphatic rings. The Morgan fingerprint density at radius 3 is 2.94 bits per heavy atom. The van der Waals surface area contributed by atoms with Crippen LogP contribution in [0.2, 0.25) is 0 Å². The Bertz CT molecular complexity index is 1150. The predicted molar refractivity (Wildman–Crippen MR) is 126 cm³/mol. The van der Waals surface area contributed by atoms with Gasteiger partial charge in [-0.2, -0.15) is 0 Å². The molecule has 3 aromatic heterocycles. The molecule has 2 amide bonds. The van der Waals surface area contributed by atoms with Crippen LogP contribution in [0.3, 0.4) is 0 Å². The van der Waals surface area contributed by atoms with Crippen molar-refractivity contribution >= 4 is 33.4 Å². The van der Waals surface area contributed by atoms with Crippen molar-refractivity contribution in [1.29, 1.82) is 0 Å². The summed E-state index contributed by atoms with van der Waals surface area (Å²) in [5.41, 5.74) is 1.61. The molecule has 4 atom stereocenters. The second-order valence-electron chi connectivity index (χ2n) is 9.66. The fourth-order valence-corrected chi connectivity index (χ4v) is 6.13. The average Bonchev–Trinajstić information content (AvgIpc) is 3.37. The van der Waals surface area contributed by atoms with Crippen LogP contribution in [0.25, 0.3) is 10.2 Å². The molecule has 0 radical (unpaired) electrons. The van der Waals surface area contributed by atoms with E-state index in [0.29, 0.717) is 30.6 Å². The van der Waals surface area contributed by atoms with Crippen molar-refractivity contribution < 1.29 is 9.59 Å². The number of nitrogens with one attached hydrogen (secondary N) is 1. The van der Waals surface area contributed by atoms with E-state index in [1.807, 2.05) is 41.1 Å². The van der Waals surface area contributed by atoms with Crippen LogP contribution in [0.1, 0.15) is 56.1 Å². The molecule has 0 unspecified atom stereocenters. The number of aromatic nitrogens is 2. The molecule has 7 heteroatoms. The van der Waals surface area contributed by atoms with Crippen molar-refractivity contribution in [2.45, 2.75) is 64.7 Å². The Morgan fingerprint density at radius 1 is 1.31 bits per heavy atom. The maximum atomic E-state index is 13.9. The van der Waals surface area contributed by atoms with Crippen LogP contribution in [0.5, 0.6) is 0 Å². The van der Waals surface area contributed by atoms with Gasteiger partial charge in [0, 0.05) is 25.0 Å². The highest BCUT2D eigenvalue weighted by Gasteiger charge is 2.48. The van der Waals surface area contributed by atoms with Crippen molar-refractivity contribution in [1.82, 2.24) is 19.8 Å². The number of amides is 2. The number of fused-ring (bicyclic) bond motifs is 3. The summed E-state index contributed by atoms with van der Waals surface area (Å²) in [4.78, 5) is 33.5. The number of hydrogen-bond acceptors (Lipinski definition) is 4. The lowest BCUT2D eigenvalue weighted by molar-refractivity contribution is -0.134. The minimum atomic E-state index is -0.992. The van der Waals surface area contributed by atoms with E-state index in [0.717, 1.165) is 28.6 Å². The number of carbonyl (C=O) groups excluding carboxylic acids is 2. The van der Waals surface area contributed by atoms with Crippen molar-refractivity contribution in [3.63, 3.8) is 0 Å². The minimum absolute atomic E-state index is 0.0663. The van der Waals surface area contributed by atoms with E-state index in [1.54, 1.807) is 28.6 Å². The smallest absolute Gasteiger partial charge is 0.271 e. The largest absolute Gasteiger partial charge is 0.351 e. The molecular formula is C25H30N4O2S. The van der Waals surface area contributed by atoms with E-state index in [-0.39, 0.29) is 17.9 Å². The minimum Gasteiger partial charge on any atom is -0.351 e. The monoisotopic (exact) mass is 450 g/mol. The summed E-state index contributed by atoms with van der Waals surface area (Å²) in [7, 11) is 0. The van der Waals surface area contributed by atoms with Crippen LogP contribution in [0.4, 0.5) is 0 Å². The summed E-state index contributed by atoms with van der Waals surface area (Å²) in [5.74, 6) is 0.838. The molecule has 168 valence electrons. The molecule has 0 saturated heterocycles. The molecule has 0 spiro atoms. The van der Waals surface area contributed by atoms with Crippen LogP contribution in [0, 0.1) is 11.8 Å². The zero-order valence-electron chi connectivity index (χ0n) is 18.9. The molecule has 4 heterocycles. The molecule has 3 aromatic rings. The molecule has 1 fully saturated rings. The second-order valence-corrected chi connectivity index (χ2v) is 10.6. The van der Waals surface area contributed by atoms with Gasteiger partial charge in [-0.05, 0) is 54.3 Å². The third-order valence-corrected chi connectivity index (χ3v) is 8.48. The van der Waals surface area contributed by atoms with E-state index in [4.69, 9.17) is 0 Å². The maximum absolute atomic E-state index is 13.9. The Kier molecular flexibility index (Phi) is 5.32. The van der Waals surface area contributed by atoms with Crippen LogP contribution >= 0.6 is 11.3 Å². The molecular weight excluding hydrogens is 420 g/mol. The highest BCUT2D eigenvalue weighted by atomic mass is 32.1. The predicted octanol–water partition coefficient (Wildman–Crippen LogP) is 4.45. The lowest BCUT2D eigenvalue weighted by Gasteiger charge is -2.45. The number of thiophene rings is 1. The zero-order chi connectivity index (χ0) is 22.5. The van der Waals surface area contributed by atoms with Gasteiger partial charge in [0.15, 0.2) is 0 Å². The van der Waals surface area contributed by atoms with Crippen LogP contribution in [-0.2, 0) is 17.9 Å². The number of hydrogen-bond donors (Lipinski definition) is 1. The van der Waals surface area contributed by atoms with E-state index >= 15 is 0 Å². The fourth-order valence-electron chi connectivity index (χ4n) is 5.30. The average molecular weight is 451 g/mol. The molecule has 0 aromatic carbocycles. The highest BCUT2D eigenvalue weighted by molar-refractivity contribution is 7.17. The third-order valence-electron chi connectivity index (χ3n) is 7.62. The Hall–Kier alpha value is -2.67. The summed E-state index contributed by atoms with van der Waals surface area (Å²) >= 11 is 1.62. The van der Waals surface area contributed by atoms with Crippen LogP contribution < -0.4 is 5.32 Å². The summed E-state index contributed by atoms with van der Waals surface area (Å²) < 4.78 is 3.11. The van der Waals surface area contributed by atoms with Gasteiger partial charge in [0.25, 0.3) is 5.91 Å². The first-order valence-electron chi connectivity index (χ1n) is 11.5. The lowest BCUT2D eigenvalue weighted by atomic mass is 9.77. The van der Waals surface area contributed by atoms with Gasteiger partial charge in [-0.15, -0.1) is 11.3 Å². The normalized spacial score (nSPS) is 28.0. The van der Waals surface area contributed by atoms with Crippen molar-refractivity contribution in [2.24, 2.45) is 11.8 Å². The quantitative estimate of drug-likeness (QED) is 0.638. The van der Waals surface area contributed by atoms with Gasteiger partial charge >= 0.3 is 0 Å². The van der Waals surface area contributed by atoms with Crippen molar-refractivity contribution in [3.05, 3.63) is 53.3 Å². The van der Waals surface area contributed by atoms with Gasteiger partial charge in [-0.25, -0.2) is 0 Å². The molecule has 1 N–H and O–H groups in total. The number of nitrogens with zero attached hydrogens (tertiary/aromatic N) is 3. The van der Waals surface area contributed by atoms with Gasteiger partial charge in [0.2, 0.25) is 5.91 Å². The van der Waals surface area contributed by atoms with Gasteiger partial charge in [-0.3, -0.25) is 14.6 Å². The lowest BCUT2D eigenvalue weighted by Crippen LogP contribution is -2.65. The SMILES string of the molecule is C[C@@H]1[C@H](C)CCC[C@@H]1NC(=O)[C@]1(C)Cn2c(cc3sccc32)C(=O)N1Cc1cccnc1.